The molecule has 0 fully saturated rings. The Bertz CT molecular complexity index is 341. The molecule has 7 heteroatoms. The van der Waals surface area contributed by atoms with Gasteiger partial charge in [-0.3, -0.25) is 4.21 Å². The maximum absolute atomic E-state index is 12.1. The highest BCUT2D eigenvalue weighted by Gasteiger charge is 2.38. The van der Waals surface area contributed by atoms with Crippen molar-refractivity contribution in [2.24, 2.45) is 0 Å². The molecule has 1 heterocycles. The third kappa shape index (κ3) is 2.10. The van der Waals surface area contributed by atoms with Crippen molar-refractivity contribution in [1.82, 2.24) is 0 Å². The van der Waals surface area contributed by atoms with E-state index in [9.17, 15) is 21.9 Å². The summed E-state index contributed by atoms with van der Waals surface area (Å²) in [4.78, 5) is -0.856. The molecule has 0 aliphatic carbocycles. The van der Waals surface area contributed by atoms with Crippen molar-refractivity contribution in [3.8, 4) is 0 Å². The van der Waals surface area contributed by atoms with Crippen LogP contribution in [0.5, 0.6) is 0 Å². The van der Waals surface area contributed by atoms with Gasteiger partial charge in [0.1, 0.15) is 5.76 Å². The quantitative estimate of drug-likeness (QED) is 0.669. The molecule has 1 atom stereocenters. The van der Waals surface area contributed by atoms with E-state index in [-0.39, 0.29) is 5.76 Å². The summed E-state index contributed by atoms with van der Waals surface area (Å²) >= 11 is -2.93. The average molecular weight is 213 g/mol. The first kappa shape index (κ1) is 10.3. The zero-order valence-electron chi connectivity index (χ0n) is 6.34. The number of alkyl halides is 3. The average Bonchev–Trinajstić information content (AvgIpc) is 2.29. The monoisotopic (exact) mass is 213 g/mol. The normalized spacial score (nSPS) is 14.5. The van der Waals surface area contributed by atoms with Crippen LogP contribution >= 0.6 is 0 Å². The molecular weight excluding hydrogens is 209 g/mol. The largest absolute Gasteiger partial charge is 0.768 e. The van der Waals surface area contributed by atoms with E-state index >= 15 is 0 Å². The fourth-order valence-electron chi connectivity index (χ4n) is 0.812. The summed E-state index contributed by atoms with van der Waals surface area (Å²) in [5, 5.41) is 0. The molecule has 0 spiro atoms. The summed E-state index contributed by atoms with van der Waals surface area (Å²) in [6.45, 7) is 1.24. The summed E-state index contributed by atoms with van der Waals surface area (Å²) in [7, 11) is 0. The van der Waals surface area contributed by atoms with Crippen molar-refractivity contribution in [3.63, 3.8) is 0 Å². The highest BCUT2D eigenvalue weighted by atomic mass is 32.2. The maximum atomic E-state index is 12.1. The number of halogens is 3. The Balaban J connectivity index is 3.28. The summed E-state index contributed by atoms with van der Waals surface area (Å²) in [6, 6.07) is 0.825. The van der Waals surface area contributed by atoms with Crippen LogP contribution in [0.2, 0.25) is 0 Å². The van der Waals surface area contributed by atoms with E-state index in [1.54, 1.807) is 0 Å². The molecule has 0 aliphatic rings. The van der Waals surface area contributed by atoms with Gasteiger partial charge in [-0.1, -0.05) is 0 Å². The zero-order valence-corrected chi connectivity index (χ0v) is 7.16. The van der Waals surface area contributed by atoms with E-state index in [4.69, 9.17) is 0 Å². The van der Waals surface area contributed by atoms with Gasteiger partial charge in [0, 0.05) is 0 Å². The van der Waals surface area contributed by atoms with Gasteiger partial charge in [0.15, 0.2) is 0 Å². The second-order valence-corrected chi connectivity index (χ2v) is 3.19. The Morgan fingerprint density at radius 1 is 1.54 bits per heavy atom. The molecule has 1 unspecified atom stereocenters. The van der Waals surface area contributed by atoms with E-state index < -0.39 is 27.9 Å². The molecule has 0 N–H and O–H groups in total. The van der Waals surface area contributed by atoms with Crippen LogP contribution in [0.4, 0.5) is 13.2 Å². The minimum Gasteiger partial charge on any atom is -0.768 e. The van der Waals surface area contributed by atoms with Gasteiger partial charge in [-0.15, -0.1) is 0 Å². The Morgan fingerprint density at radius 3 is 2.38 bits per heavy atom. The van der Waals surface area contributed by atoms with Crippen molar-refractivity contribution in [3.05, 3.63) is 17.6 Å². The number of furan rings is 1. The van der Waals surface area contributed by atoms with Gasteiger partial charge >= 0.3 is 6.18 Å². The standard InChI is InChI=1S/C6H5F3O3S/c1-3-2-4(13(10)11)5(12-3)6(7,8)9/h2H,1H3,(H,10,11)/p-1. The first-order valence-corrected chi connectivity index (χ1v) is 4.16. The summed E-state index contributed by atoms with van der Waals surface area (Å²) in [5.74, 6) is -1.56. The molecule has 13 heavy (non-hydrogen) atoms. The Morgan fingerprint density at radius 2 is 2.08 bits per heavy atom. The Labute approximate surface area is 73.8 Å². The first-order valence-electron chi connectivity index (χ1n) is 3.09. The predicted octanol–water partition coefficient (Wildman–Crippen LogP) is 1.84. The number of hydrogen-bond donors (Lipinski definition) is 0. The Hall–Kier alpha value is -0.820. The van der Waals surface area contributed by atoms with E-state index in [2.05, 4.69) is 4.42 Å². The molecule has 0 amide bonds. The van der Waals surface area contributed by atoms with Crippen molar-refractivity contribution in [1.29, 1.82) is 0 Å². The molecule has 0 aliphatic heterocycles. The minimum atomic E-state index is -4.77. The second-order valence-electron chi connectivity index (χ2n) is 2.28. The molecule has 0 saturated carbocycles. The van der Waals surface area contributed by atoms with Crippen LogP contribution in [0.15, 0.2) is 15.4 Å². The minimum absolute atomic E-state index is 0.0912. The van der Waals surface area contributed by atoms with E-state index in [1.165, 1.54) is 6.92 Å². The molecule has 1 rings (SSSR count). The van der Waals surface area contributed by atoms with Crippen LogP contribution in [0, 0.1) is 6.92 Å². The van der Waals surface area contributed by atoms with E-state index in [1.807, 2.05) is 0 Å². The van der Waals surface area contributed by atoms with Crippen LogP contribution < -0.4 is 0 Å². The molecule has 74 valence electrons. The van der Waals surface area contributed by atoms with Gasteiger partial charge < -0.3 is 8.97 Å². The zero-order chi connectivity index (χ0) is 10.2. The highest BCUT2D eigenvalue weighted by Crippen LogP contribution is 2.35. The van der Waals surface area contributed by atoms with Gasteiger partial charge in [-0.05, 0) is 24.1 Å². The van der Waals surface area contributed by atoms with E-state index in [0.29, 0.717) is 0 Å². The molecule has 1 aromatic heterocycles. The predicted molar refractivity (Wildman–Crippen MR) is 35.6 cm³/mol. The highest BCUT2D eigenvalue weighted by molar-refractivity contribution is 7.79. The summed E-state index contributed by atoms with van der Waals surface area (Å²) in [6.07, 6.45) is -4.77. The molecule has 1 aromatic rings. The van der Waals surface area contributed by atoms with Crippen molar-refractivity contribution in [2.75, 3.05) is 0 Å². The molecule has 3 nitrogen and oxygen atoms in total. The van der Waals surface area contributed by atoms with Crippen LogP contribution in [0.3, 0.4) is 0 Å². The van der Waals surface area contributed by atoms with Gasteiger partial charge in [0.05, 0.1) is 4.90 Å². The lowest BCUT2D eigenvalue weighted by Crippen LogP contribution is -2.07. The smallest absolute Gasteiger partial charge is 0.450 e. The van der Waals surface area contributed by atoms with Gasteiger partial charge in [0.2, 0.25) is 5.76 Å². The van der Waals surface area contributed by atoms with Crippen molar-refractivity contribution in [2.45, 2.75) is 18.0 Å². The lowest BCUT2D eigenvalue weighted by Gasteiger charge is -2.07. The number of hydrogen-bond acceptors (Lipinski definition) is 3. The lowest BCUT2D eigenvalue weighted by molar-refractivity contribution is -0.155. The van der Waals surface area contributed by atoms with E-state index in [0.717, 1.165) is 6.07 Å². The third-order valence-electron chi connectivity index (χ3n) is 1.26. The molecule has 0 aromatic carbocycles. The van der Waals surface area contributed by atoms with Crippen LogP contribution in [-0.4, -0.2) is 8.76 Å². The van der Waals surface area contributed by atoms with Crippen molar-refractivity contribution < 1.29 is 26.4 Å². The van der Waals surface area contributed by atoms with Crippen LogP contribution in [0.25, 0.3) is 0 Å². The summed E-state index contributed by atoms with van der Waals surface area (Å²) < 4.78 is 61.0. The fraction of sp³-hybridized carbons (Fsp3) is 0.333. The fourth-order valence-corrected chi connectivity index (χ4v) is 1.38. The Kier molecular flexibility index (Phi) is 2.49. The van der Waals surface area contributed by atoms with Gasteiger partial charge in [-0.25, -0.2) is 0 Å². The van der Waals surface area contributed by atoms with Crippen LogP contribution in [0.1, 0.15) is 11.5 Å². The molecule has 0 saturated heterocycles. The number of rotatable bonds is 1. The van der Waals surface area contributed by atoms with Crippen molar-refractivity contribution >= 4 is 11.1 Å². The number of aryl methyl sites for hydroxylation is 1. The first-order chi connectivity index (χ1) is 5.82. The molecule has 0 radical (unpaired) electrons. The topological polar surface area (TPSA) is 53.3 Å². The summed E-state index contributed by atoms with van der Waals surface area (Å²) in [5.41, 5.74) is 0. The second kappa shape index (κ2) is 3.15. The maximum Gasteiger partial charge on any atom is 0.450 e. The third-order valence-corrected chi connectivity index (χ3v) is 1.92. The molecular formula is C6H4F3O3S-. The van der Waals surface area contributed by atoms with Crippen LogP contribution in [-0.2, 0) is 17.3 Å². The molecule has 0 bridgehead atoms. The lowest BCUT2D eigenvalue weighted by atomic mass is 10.4. The van der Waals surface area contributed by atoms with Gasteiger partial charge in [-0.2, -0.15) is 13.2 Å². The van der Waals surface area contributed by atoms with Gasteiger partial charge in [0.25, 0.3) is 0 Å². The SMILES string of the molecule is Cc1cc(S(=O)[O-])c(C(F)(F)F)o1.